The van der Waals surface area contributed by atoms with Crippen molar-refractivity contribution >= 4 is 5.69 Å². The van der Waals surface area contributed by atoms with Crippen molar-refractivity contribution in [2.45, 2.75) is 6.04 Å². The van der Waals surface area contributed by atoms with Gasteiger partial charge in [0.1, 0.15) is 13.2 Å². The number of anilines is 1. The van der Waals surface area contributed by atoms with E-state index >= 15 is 0 Å². The van der Waals surface area contributed by atoms with Crippen molar-refractivity contribution in [1.82, 2.24) is 0 Å². The van der Waals surface area contributed by atoms with Crippen LogP contribution in [0.2, 0.25) is 0 Å². The highest BCUT2D eigenvalue weighted by atomic mass is 16.6. The van der Waals surface area contributed by atoms with Gasteiger partial charge in [0.15, 0.2) is 11.5 Å². The zero-order valence-electron chi connectivity index (χ0n) is 9.11. The van der Waals surface area contributed by atoms with E-state index in [1.54, 1.807) is 0 Å². The Bertz CT molecular complexity index is 357. The molecule has 1 aromatic carbocycles. The molecule has 0 radical (unpaired) electrons. The fraction of sp³-hybridized carbons (Fsp3) is 0.455. The zero-order chi connectivity index (χ0) is 11.4. The van der Waals surface area contributed by atoms with Gasteiger partial charge in [-0.15, -0.1) is 0 Å². The Balaban J connectivity index is 2.00. The molecule has 1 unspecified atom stereocenters. The Hall–Kier alpha value is -1.46. The van der Waals surface area contributed by atoms with Crippen LogP contribution in [0.15, 0.2) is 18.2 Å². The van der Waals surface area contributed by atoms with E-state index in [1.165, 1.54) is 0 Å². The Morgan fingerprint density at radius 1 is 1.25 bits per heavy atom. The molecule has 5 N–H and O–H groups in total. The summed E-state index contributed by atoms with van der Waals surface area (Å²) < 4.78 is 10.9. The van der Waals surface area contributed by atoms with Crippen LogP contribution >= 0.6 is 0 Å². The molecule has 0 saturated carbocycles. The van der Waals surface area contributed by atoms with Gasteiger partial charge in [0.05, 0.1) is 0 Å². The summed E-state index contributed by atoms with van der Waals surface area (Å²) in [6.45, 7) is 2.32. The molecule has 0 spiro atoms. The predicted molar refractivity (Wildman–Crippen MR) is 63.0 cm³/mol. The molecule has 5 heteroatoms. The molecule has 1 heterocycles. The summed E-state index contributed by atoms with van der Waals surface area (Å²) in [6.07, 6.45) is 0. The van der Waals surface area contributed by atoms with E-state index < -0.39 is 0 Å². The van der Waals surface area contributed by atoms with E-state index in [1.807, 2.05) is 18.2 Å². The molecule has 1 aromatic rings. The monoisotopic (exact) mass is 223 g/mol. The smallest absolute Gasteiger partial charge is 0.163 e. The lowest BCUT2D eigenvalue weighted by atomic mass is 10.2. The van der Waals surface area contributed by atoms with E-state index in [0.717, 1.165) is 17.2 Å². The van der Waals surface area contributed by atoms with E-state index in [-0.39, 0.29) is 6.04 Å². The molecule has 88 valence electrons. The van der Waals surface area contributed by atoms with Gasteiger partial charge in [0, 0.05) is 30.9 Å². The minimum absolute atomic E-state index is 0.0341. The number of rotatable bonds is 4. The standard InChI is InChI=1S/C11H17N3O2/c12-6-8(13)7-14-9-1-2-10-11(5-9)16-4-3-15-10/h1-2,5,8,14H,3-4,6-7,12-13H2. The number of ether oxygens (including phenoxy) is 2. The van der Waals surface area contributed by atoms with Gasteiger partial charge in [0.25, 0.3) is 0 Å². The second kappa shape index (κ2) is 5.05. The van der Waals surface area contributed by atoms with Gasteiger partial charge < -0.3 is 26.3 Å². The van der Waals surface area contributed by atoms with Crippen LogP contribution in [0.25, 0.3) is 0 Å². The second-order valence-corrected chi connectivity index (χ2v) is 3.74. The fourth-order valence-corrected chi connectivity index (χ4v) is 1.49. The molecule has 16 heavy (non-hydrogen) atoms. The average molecular weight is 223 g/mol. The van der Waals surface area contributed by atoms with Crippen LogP contribution in [-0.4, -0.2) is 32.3 Å². The molecular formula is C11H17N3O2. The van der Waals surface area contributed by atoms with Crippen molar-refractivity contribution in [1.29, 1.82) is 0 Å². The molecule has 1 atom stereocenters. The van der Waals surface area contributed by atoms with Crippen molar-refractivity contribution in [2.24, 2.45) is 11.5 Å². The zero-order valence-corrected chi connectivity index (χ0v) is 9.11. The van der Waals surface area contributed by atoms with Crippen LogP contribution in [0.4, 0.5) is 5.69 Å². The van der Waals surface area contributed by atoms with Crippen LogP contribution in [0.1, 0.15) is 0 Å². The number of fused-ring (bicyclic) bond motifs is 1. The number of hydrogen-bond acceptors (Lipinski definition) is 5. The summed E-state index contributed by atoms with van der Waals surface area (Å²) in [5, 5.41) is 3.20. The summed E-state index contributed by atoms with van der Waals surface area (Å²) in [5.74, 6) is 1.57. The van der Waals surface area contributed by atoms with Gasteiger partial charge in [0.2, 0.25) is 0 Å². The third kappa shape index (κ3) is 2.56. The van der Waals surface area contributed by atoms with Gasteiger partial charge in [-0.2, -0.15) is 0 Å². The number of benzene rings is 1. The third-order valence-corrected chi connectivity index (χ3v) is 2.41. The molecular weight excluding hydrogens is 206 g/mol. The maximum Gasteiger partial charge on any atom is 0.163 e. The maximum absolute atomic E-state index is 5.72. The Kier molecular flexibility index (Phi) is 3.48. The highest BCUT2D eigenvalue weighted by Gasteiger charge is 2.11. The minimum atomic E-state index is -0.0341. The molecule has 0 fully saturated rings. The van der Waals surface area contributed by atoms with Gasteiger partial charge in [-0.25, -0.2) is 0 Å². The molecule has 1 aliphatic heterocycles. The molecule has 0 bridgehead atoms. The van der Waals surface area contributed by atoms with E-state index in [0.29, 0.717) is 26.3 Å². The number of nitrogens with one attached hydrogen (secondary N) is 1. The van der Waals surface area contributed by atoms with Crippen LogP contribution in [-0.2, 0) is 0 Å². The summed E-state index contributed by atoms with van der Waals surface area (Å²) in [6, 6.07) is 5.72. The van der Waals surface area contributed by atoms with Crippen LogP contribution in [0.3, 0.4) is 0 Å². The molecule has 0 amide bonds. The quantitative estimate of drug-likeness (QED) is 0.677. The lowest BCUT2D eigenvalue weighted by Gasteiger charge is -2.19. The van der Waals surface area contributed by atoms with Crippen LogP contribution in [0, 0.1) is 0 Å². The van der Waals surface area contributed by atoms with E-state index in [2.05, 4.69) is 5.32 Å². The maximum atomic E-state index is 5.72. The van der Waals surface area contributed by atoms with Crippen molar-refractivity contribution in [3.63, 3.8) is 0 Å². The first-order valence-electron chi connectivity index (χ1n) is 5.39. The first-order chi connectivity index (χ1) is 7.79. The van der Waals surface area contributed by atoms with E-state index in [4.69, 9.17) is 20.9 Å². The normalized spacial score (nSPS) is 15.6. The van der Waals surface area contributed by atoms with Crippen molar-refractivity contribution < 1.29 is 9.47 Å². The molecule has 0 aromatic heterocycles. The summed E-state index contributed by atoms with van der Waals surface area (Å²) >= 11 is 0. The first-order valence-corrected chi connectivity index (χ1v) is 5.39. The Morgan fingerprint density at radius 3 is 2.75 bits per heavy atom. The minimum Gasteiger partial charge on any atom is -0.486 e. The average Bonchev–Trinajstić information content (AvgIpc) is 2.35. The number of hydrogen-bond donors (Lipinski definition) is 3. The first kappa shape index (κ1) is 11.0. The molecule has 5 nitrogen and oxygen atoms in total. The highest BCUT2D eigenvalue weighted by molar-refractivity contribution is 5.55. The molecule has 1 aliphatic rings. The lowest BCUT2D eigenvalue weighted by Crippen LogP contribution is -2.36. The molecule has 0 saturated heterocycles. The van der Waals surface area contributed by atoms with Crippen molar-refractivity contribution in [2.75, 3.05) is 31.6 Å². The second-order valence-electron chi connectivity index (χ2n) is 3.74. The molecule has 0 aliphatic carbocycles. The Labute approximate surface area is 94.7 Å². The third-order valence-electron chi connectivity index (χ3n) is 2.41. The van der Waals surface area contributed by atoms with Gasteiger partial charge in [-0.05, 0) is 12.1 Å². The summed E-state index contributed by atoms with van der Waals surface area (Å²) in [4.78, 5) is 0. The predicted octanol–water partition coefficient (Wildman–Crippen LogP) is 0.156. The topological polar surface area (TPSA) is 82.5 Å². The lowest BCUT2D eigenvalue weighted by molar-refractivity contribution is 0.171. The Morgan fingerprint density at radius 2 is 2.00 bits per heavy atom. The van der Waals surface area contributed by atoms with E-state index in [9.17, 15) is 0 Å². The highest BCUT2D eigenvalue weighted by Crippen LogP contribution is 2.32. The summed E-state index contributed by atoms with van der Waals surface area (Å²) in [5.41, 5.74) is 12.1. The van der Waals surface area contributed by atoms with Crippen molar-refractivity contribution in [3.8, 4) is 11.5 Å². The number of nitrogens with two attached hydrogens (primary N) is 2. The summed E-state index contributed by atoms with van der Waals surface area (Å²) in [7, 11) is 0. The SMILES string of the molecule is NCC(N)CNc1ccc2c(c1)OCCO2. The van der Waals surface area contributed by atoms with Gasteiger partial charge >= 0.3 is 0 Å². The van der Waals surface area contributed by atoms with Gasteiger partial charge in [-0.3, -0.25) is 0 Å². The fourth-order valence-electron chi connectivity index (χ4n) is 1.49. The van der Waals surface area contributed by atoms with Crippen LogP contribution in [0.5, 0.6) is 11.5 Å². The van der Waals surface area contributed by atoms with Gasteiger partial charge in [-0.1, -0.05) is 0 Å². The van der Waals surface area contributed by atoms with Crippen molar-refractivity contribution in [3.05, 3.63) is 18.2 Å². The van der Waals surface area contributed by atoms with Crippen LogP contribution < -0.4 is 26.3 Å². The largest absolute Gasteiger partial charge is 0.486 e. The molecule has 2 rings (SSSR count).